The minimum absolute atomic E-state index is 0.312. The molecule has 1 N–H and O–H groups in total. The van der Waals surface area contributed by atoms with E-state index in [-0.39, 0.29) is 0 Å². The molecule has 0 atom stereocenters. The largest absolute Gasteiger partial charge is 0.241 e. The van der Waals surface area contributed by atoms with Gasteiger partial charge in [0.1, 0.15) is 0 Å². The first-order valence-electron chi connectivity index (χ1n) is 7.68. The molecule has 1 aliphatic carbocycles. The molecule has 0 saturated heterocycles. The topological polar surface area (TPSA) is 46.2 Å². The first-order valence-corrected chi connectivity index (χ1v) is 9.16. The third-order valence-electron chi connectivity index (χ3n) is 4.44. The van der Waals surface area contributed by atoms with Crippen LogP contribution in [-0.2, 0) is 15.6 Å². The van der Waals surface area contributed by atoms with Crippen LogP contribution in [0.3, 0.4) is 0 Å². The summed E-state index contributed by atoms with van der Waals surface area (Å²) in [5.74, 6) is 0. The number of hydrogen-bond acceptors (Lipinski definition) is 2. The van der Waals surface area contributed by atoms with Crippen LogP contribution in [0, 0.1) is 0 Å². The Kier molecular flexibility index (Phi) is 3.25. The SMILES string of the molecule is O=S(=O)(NC1(c2cccc3ccccc23)CC1)c1ccccc1. The van der Waals surface area contributed by atoms with Gasteiger partial charge in [0, 0.05) is 0 Å². The maximum absolute atomic E-state index is 12.7. The summed E-state index contributed by atoms with van der Waals surface area (Å²) < 4.78 is 28.3. The van der Waals surface area contributed by atoms with Crippen molar-refractivity contribution in [2.24, 2.45) is 0 Å². The second kappa shape index (κ2) is 5.18. The van der Waals surface area contributed by atoms with Gasteiger partial charge in [0.25, 0.3) is 0 Å². The van der Waals surface area contributed by atoms with Crippen LogP contribution in [0.25, 0.3) is 10.8 Å². The minimum atomic E-state index is -3.52. The lowest BCUT2D eigenvalue weighted by Crippen LogP contribution is -2.35. The summed E-state index contributed by atoms with van der Waals surface area (Å²) >= 11 is 0. The van der Waals surface area contributed by atoms with Crippen LogP contribution in [0.15, 0.2) is 77.7 Å². The molecule has 0 aromatic heterocycles. The standard InChI is InChI=1S/C19H17NO2S/c21-23(22,16-9-2-1-3-10-16)20-19(13-14-19)18-12-6-8-15-7-4-5-11-17(15)18/h1-12,20H,13-14H2. The van der Waals surface area contributed by atoms with Crippen molar-refractivity contribution in [3.63, 3.8) is 0 Å². The molecule has 1 saturated carbocycles. The van der Waals surface area contributed by atoms with Gasteiger partial charge < -0.3 is 0 Å². The lowest BCUT2D eigenvalue weighted by molar-refractivity contribution is 0.553. The highest BCUT2D eigenvalue weighted by Crippen LogP contribution is 2.48. The Bertz CT molecular complexity index is 956. The molecule has 3 aromatic carbocycles. The van der Waals surface area contributed by atoms with E-state index in [1.54, 1.807) is 24.3 Å². The second-order valence-corrected chi connectivity index (χ2v) is 7.71. The molecular formula is C19H17NO2S. The van der Waals surface area contributed by atoms with E-state index in [1.807, 2.05) is 30.3 Å². The van der Waals surface area contributed by atoms with Crippen LogP contribution in [0.2, 0.25) is 0 Å². The van der Waals surface area contributed by atoms with Crippen molar-refractivity contribution in [1.82, 2.24) is 4.72 Å². The summed E-state index contributed by atoms with van der Waals surface area (Å²) in [5, 5.41) is 2.25. The summed E-state index contributed by atoms with van der Waals surface area (Å²) in [6, 6.07) is 22.7. The average Bonchev–Trinajstić information content (AvgIpc) is 3.35. The number of benzene rings is 3. The molecular weight excluding hydrogens is 306 g/mol. The van der Waals surface area contributed by atoms with Crippen LogP contribution >= 0.6 is 0 Å². The Morgan fingerprint density at radius 3 is 2.17 bits per heavy atom. The van der Waals surface area contributed by atoms with Gasteiger partial charge in [-0.25, -0.2) is 13.1 Å². The van der Waals surface area contributed by atoms with Crippen LogP contribution < -0.4 is 4.72 Å². The van der Waals surface area contributed by atoms with E-state index in [1.165, 1.54) is 0 Å². The van der Waals surface area contributed by atoms with Crippen molar-refractivity contribution >= 4 is 20.8 Å². The molecule has 0 unspecified atom stereocenters. The highest BCUT2D eigenvalue weighted by Gasteiger charge is 2.48. The molecule has 4 heteroatoms. The number of hydrogen-bond donors (Lipinski definition) is 1. The van der Waals surface area contributed by atoms with E-state index >= 15 is 0 Å². The highest BCUT2D eigenvalue weighted by molar-refractivity contribution is 7.89. The molecule has 1 aliphatic rings. The number of fused-ring (bicyclic) bond motifs is 1. The molecule has 3 aromatic rings. The van der Waals surface area contributed by atoms with Crippen molar-refractivity contribution in [2.75, 3.05) is 0 Å². The Hall–Kier alpha value is -2.17. The first kappa shape index (κ1) is 14.4. The number of rotatable bonds is 4. The van der Waals surface area contributed by atoms with Gasteiger partial charge in [-0.3, -0.25) is 0 Å². The van der Waals surface area contributed by atoms with Gasteiger partial charge in [-0.2, -0.15) is 0 Å². The summed E-state index contributed by atoms with van der Waals surface area (Å²) in [4.78, 5) is 0.312. The normalized spacial score (nSPS) is 16.3. The van der Waals surface area contributed by atoms with Gasteiger partial charge in [0.2, 0.25) is 10.0 Å². The van der Waals surface area contributed by atoms with Crippen molar-refractivity contribution in [3.05, 3.63) is 78.4 Å². The fraction of sp³-hybridized carbons (Fsp3) is 0.158. The van der Waals surface area contributed by atoms with Crippen molar-refractivity contribution in [3.8, 4) is 0 Å². The fourth-order valence-corrected chi connectivity index (χ4v) is 4.57. The molecule has 23 heavy (non-hydrogen) atoms. The summed E-state index contributed by atoms with van der Waals surface area (Å²) in [6.45, 7) is 0. The summed E-state index contributed by atoms with van der Waals surface area (Å²) in [5.41, 5.74) is 0.588. The zero-order valence-corrected chi connectivity index (χ0v) is 13.4. The molecule has 0 amide bonds. The van der Waals surface area contributed by atoms with E-state index < -0.39 is 15.6 Å². The van der Waals surface area contributed by atoms with Gasteiger partial charge >= 0.3 is 0 Å². The van der Waals surface area contributed by atoms with Gasteiger partial charge in [-0.1, -0.05) is 60.7 Å². The van der Waals surface area contributed by atoms with Crippen LogP contribution in [0.4, 0.5) is 0 Å². The first-order chi connectivity index (χ1) is 11.1. The van der Waals surface area contributed by atoms with Gasteiger partial charge in [-0.05, 0) is 41.3 Å². The zero-order chi connectivity index (χ0) is 15.9. The van der Waals surface area contributed by atoms with E-state index in [4.69, 9.17) is 0 Å². The van der Waals surface area contributed by atoms with Crippen LogP contribution in [0.1, 0.15) is 18.4 Å². The predicted octanol–water partition coefficient (Wildman–Crippen LogP) is 3.81. The Morgan fingerprint density at radius 1 is 0.783 bits per heavy atom. The van der Waals surface area contributed by atoms with Crippen molar-refractivity contribution in [1.29, 1.82) is 0 Å². The van der Waals surface area contributed by atoms with E-state index in [0.717, 1.165) is 29.2 Å². The molecule has 1 fully saturated rings. The van der Waals surface area contributed by atoms with Crippen LogP contribution in [0.5, 0.6) is 0 Å². The van der Waals surface area contributed by atoms with Gasteiger partial charge in [0.15, 0.2) is 0 Å². The number of sulfonamides is 1. The molecule has 0 heterocycles. The summed E-state index contributed by atoms with van der Waals surface area (Å²) in [6.07, 6.45) is 1.65. The third-order valence-corrected chi connectivity index (χ3v) is 5.99. The zero-order valence-electron chi connectivity index (χ0n) is 12.6. The Labute approximate surface area is 136 Å². The molecule has 0 bridgehead atoms. The van der Waals surface area contributed by atoms with Crippen molar-refractivity contribution < 1.29 is 8.42 Å². The monoisotopic (exact) mass is 323 g/mol. The summed E-state index contributed by atoms with van der Waals surface area (Å²) in [7, 11) is -3.52. The van der Waals surface area contributed by atoms with Crippen LogP contribution in [-0.4, -0.2) is 8.42 Å². The molecule has 3 nitrogen and oxygen atoms in total. The molecule has 0 spiro atoms. The minimum Gasteiger partial charge on any atom is -0.207 e. The molecule has 4 rings (SSSR count). The molecule has 0 aliphatic heterocycles. The lowest BCUT2D eigenvalue weighted by atomic mass is 9.98. The van der Waals surface area contributed by atoms with Gasteiger partial charge in [-0.15, -0.1) is 0 Å². The number of nitrogens with one attached hydrogen (secondary N) is 1. The molecule has 116 valence electrons. The van der Waals surface area contributed by atoms with Crippen molar-refractivity contribution in [2.45, 2.75) is 23.3 Å². The Balaban J connectivity index is 1.77. The second-order valence-electron chi connectivity index (χ2n) is 6.03. The predicted molar refractivity (Wildman–Crippen MR) is 91.6 cm³/mol. The van der Waals surface area contributed by atoms with E-state index in [0.29, 0.717) is 4.90 Å². The van der Waals surface area contributed by atoms with E-state index in [2.05, 4.69) is 22.9 Å². The highest BCUT2D eigenvalue weighted by atomic mass is 32.2. The smallest absolute Gasteiger partial charge is 0.207 e. The Morgan fingerprint density at radius 2 is 1.43 bits per heavy atom. The third kappa shape index (κ3) is 2.54. The lowest BCUT2D eigenvalue weighted by Gasteiger charge is -2.20. The van der Waals surface area contributed by atoms with Gasteiger partial charge in [0.05, 0.1) is 10.4 Å². The maximum Gasteiger partial charge on any atom is 0.241 e. The molecule has 0 radical (unpaired) electrons. The maximum atomic E-state index is 12.7. The average molecular weight is 323 g/mol. The quantitative estimate of drug-likeness (QED) is 0.793. The van der Waals surface area contributed by atoms with E-state index in [9.17, 15) is 8.42 Å². The fourth-order valence-electron chi connectivity index (χ4n) is 3.11.